The first kappa shape index (κ1) is 22.5. The van der Waals surface area contributed by atoms with Gasteiger partial charge < -0.3 is 15.0 Å². The van der Waals surface area contributed by atoms with Crippen LogP contribution in [0.2, 0.25) is 0 Å². The molecular formula is C22H34N4O4. The standard InChI is InChI=1S/C22H34N4O4/c1-3-18-21-19(8-6-12-30-13-7-10-23-22(21)29)26(24-18)11-5-4-9-20(28)17-14-25(15-17)16(2)27/h17H,3-15H2,1-2H3,(H,23,29). The Bertz CT molecular complexity index is 767. The zero-order chi connectivity index (χ0) is 21.5. The van der Waals surface area contributed by atoms with Gasteiger partial charge in [0.1, 0.15) is 5.78 Å². The molecule has 3 rings (SSSR count). The van der Waals surface area contributed by atoms with Crippen LogP contribution in [0.3, 0.4) is 0 Å². The van der Waals surface area contributed by atoms with Gasteiger partial charge in [0.2, 0.25) is 5.91 Å². The van der Waals surface area contributed by atoms with E-state index < -0.39 is 0 Å². The first-order valence-corrected chi connectivity index (χ1v) is 11.2. The number of amides is 2. The van der Waals surface area contributed by atoms with Crippen molar-refractivity contribution in [3.8, 4) is 0 Å². The third-order valence-corrected chi connectivity index (χ3v) is 5.97. The molecule has 2 aliphatic heterocycles. The number of rotatable bonds is 7. The summed E-state index contributed by atoms with van der Waals surface area (Å²) in [6.07, 6.45) is 5.32. The maximum Gasteiger partial charge on any atom is 0.255 e. The summed E-state index contributed by atoms with van der Waals surface area (Å²) in [5, 5.41) is 7.72. The van der Waals surface area contributed by atoms with Gasteiger partial charge in [-0.3, -0.25) is 19.1 Å². The van der Waals surface area contributed by atoms with Crippen LogP contribution < -0.4 is 5.32 Å². The lowest BCUT2D eigenvalue weighted by atomic mass is 9.92. The number of carbonyl (C=O) groups excluding carboxylic acids is 3. The molecule has 1 saturated heterocycles. The van der Waals surface area contributed by atoms with Crippen molar-refractivity contribution in [1.82, 2.24) is 20.0 Å². The Morgan fingerprint density at radius 1 is 1.20 bits per heavy atom. The number of aromatic nitrogens is 2. The summed E-state index contributed by atoms with van der Waals surface area (Å²) < 4.78 is 7.60. The number of hydrogen-bond acceptors (Lipinski definition) is 5. The Morgan fingerprint density at radius 3 is 2.70 bits per heavy atom. The van der Waals surface area contributed by atoms with E-state index >= 15 is 0 Å². The van der Waals surface area contributed by atoms with E-state index in [1.54, 1.807) is 4.90 Å². The summed E-state index contributed by atoms with van der Waals surface area (Å²) in [4.78, 5) is 38.0. The molecule has 8 heteroatoms. The van der Waals surface area contributed by atoms with Gasteiger partial charge in [-0.25, -0.2) is 0 Å². The van der Waals surface area contributed by atoms with E-state index in [1.165, 1.54) is 6.92 Å². The average Bonchev–Trinajstić information content (AvgIpc) is 3.01. The molecule has 0 bridgehead atoms. The highest BCUT2D eigenvalue weighted by molar-refractivity contribution is 5.96. The van der Waals surface area contributed by atoms with Gasteiger partial charge in [-0.05, 0) is 38.5 Å². The average molecular weight is 419 g/mol. The van der Waals surface area contributed by atoms with Crippen molar-refractivity contribution >= 4 is 17.6 Å². The summed E-state index contributed by atoms with van der Waals surface area (Å²) >= 11 is 0. The second kappa shape index (κ2) is 10.7. The van der Waals surface area contributed by atoms with Crippen LogP contribution in [-0.4, -0.2) is 65.1 Å². The largest absolute Gasteiger partial charge is 0.381 e. The molecule has 0 aliphatic carbocycles. The summed E-state index contributed by atoms with van der Waals surface area (Å²) in [5.74, 6) is 0.256. The number of carbonyl (C=O) groups is 3. The lowest BCUT2D eigenvalue weighted by Gasteiger charge is -2.37. The first-order chi connectivity index (χ1) is 14.5. The van der Waals surface area contributed by atoms with Crippen LogP contribution in [0.25, 0.3) is 0 Å². The molecule has 0 saturated carbocycles. The van der Waals surface area contributed by atoms with Crippen LogP contribution in [-0.2, 0) is 33.7 Å². The van der Waals surface area contributed by atoms with E-state index in [1.807, 2.05) is 11.6 Å². The fourth-order valence-electron chi connectivity index (χ4n) is 4.11. The van der Waals surface area contributed by atoms with E-state index in [0.717, 1.165) is 49.1 Å². The number of hydrogen-bond donors (Lipinski definition) is 1. The number of nitrogens with zero attached hydrogens (tertiary/aromatic N) is 3. The number of Topliss-reactive ketones (excluding diaryl/α,β-unsaturated/α-hetero) is 1. The maximum absolute atomic E-state index is 12.8. The molecule has 0 radical (unpaired) electrons. The summed E-state index contributed by atoms with van der Waals surface area (Å²) in [6, 6.07) is 0. The predicted molar refractivity (Wildman–Crippen MR) is 112 cm³/mol. The van der Waals surface area contributed by atoms with Crippen LogP contribution in [0.4, 0.5) is 0 Å². The van der Waals surface area contributed by atoms with Crippen molar-refractivity contribution in [2.45, 2.75) is 65.3 Å². The van der Waals surface area contributed by atoms with Crippen molar-refractivity contribution in [3.05, 3.63) is 17.0 Å². The van der Waals surface area contributed by atoms with E-state index in [-0.39, 0.29) is 23.5 Å². The molecule has 8 nitrogen and oxygen atoms in total. The van der Waals surface area contributed by atoms with Crippen LogP contribution in [0.1, 0.15) is 67.7 Å². The van der Waals surface area contributed by atoms with Crippen molar-refractivity contribution in [2.75, 3.05) is 32.8 Å². The molecule has 0 aromatic carbocycles. The predicted octanol–water partition coefficient (Wildman–Crippen LogP) is 1.75. The quantitative estimate of drug-likeness (QED) is 0.681. The van der Waals surface area contributed by atoms with Gasteiger partial charge in [0.15, 0.2) is 0 Å². The van der Waals surface area contributed by atoms with Gasteiger partial charge in [-0.15, -0.1) is 0 Å². The molecule has 0 spiro atoms. The molecular weight excluding hydrogens is 384 g/mol. The molecule has 2 amide bonds. The SMILES string of the molecule is CCc1nn(CCCCC(=O)C2CN(C(C)=O)C2)c2c1C(=O)NCCCOCCC2. The minimum atomic E-state index is -0.0369. The van der Waals surface area contributed by atoms with Crippen LogP contribution in [0.15, 0.2) is 0 Å². The number of likely N-dealkylation sites (tertiary alicyclic amines) is 1. The second-order valence-electron chi connectivity index (χ2n) is 8.21. The van der Waals surface area contributed by atoms with Gasteiger partial charge in [-0.2, -0.15) is 5.10 Å². The lowest BCUT2D eigenvalue weighted by molar-refractivity contribution is -0.140. The Balaban J connectivity index is 1.57. The number of fused-ring (bicyclic) bond motifs is 1. The van der Waals surface area contributed by atoms with Gasteiger partial charge in [0.05, 0.1) is 22.9 Å². The Hall–Kier alpha value is -2.22. The smallest absolute Gasteiger partial charge is 0.255 e. The maximum atomic E-state index is 12.8. The molecule has 0 unspecified atom stereocenters. The molecule has 1 aromatic rings. The molecule has 2 aliphatic rings. The van der Waals surface area contributed by atoms with Crippen LogP contribution in [0.5, 0.6) is 0 Å². The van der Waals surface area contributed by atoms with E-state index in [2.05, 4.69) is 5.32 Å². The Morgan fingerprint density at radius 2 is 1.97 bits per heavy atom. The zero-order valence-corrected chi connectivity index (χ0v) is 18.2. The number of unbranched alkanes of at least 4 members (excludes halogenated alkanes) is 1. The first-order valence-electron chi connectivity index (χ1n) is 11.2. The monoisotopic (exact) mass is 418 g/mol. The zero-order valence-electron chi connectivity index (χ0n) is 18.2. The van der Waals surface area contributed by atoms with Crippen LogP contribution >= 0.6 is 0 Å². The van der Waals surface area contributed by atoms with Gasteiger partial charge >= 0.3 is 0 Å². The number of ether oxygens (including phenoxy) is 1. The molecule has 1 aromatic heterocycles. The normalized spacial score (nSPS) is 18.2. The lowest BCUT2D eigenvalue weighted by Crippen LogP contribution is -2.52. The third-order valence-electron chi connectivity index (χ3n) is 5.97. The molecule has 30 heavy (non-hydrogen) atoms. The van der Waals surface area contributed by atoms with Gasteiger partial charge in [-0.1, -0.05) is 6.92 Å². The number of nitrogens with one attached hydrogen (secondary N) is 1. The van der Waals surface area contributed by atoms with E-state index in [0.29, 0.717) is 52.2 Å². The van der Waals surface area contributed by atoms with Crippen molar-refractivity contribution < 1.29 is 19.1 Å². The molecule has 3 heterocycles. The fourth-order valence-corrected chi connectivity index (χ4v) is 4.11. The molecule has 1 fully saturated rings. The summed E-state index contributed by atoms with van der Waals surface area (Å²) in [7, 11) is 0. The highest BCUT2D eigenvalue weighted by Gasteiger charge is 2.33. The van der Waals surface area contributed by atoms with E-state index in [9.17, 15) is 14.4 Å². The minimum absolute atomic E-state index is 0.00522. The van der Waals surface area contributed by atoms with Crippen molar-refractivity contribution in [2.24, 2.45) is 5.92 Å². The number of ketones is 1. The highest BCUT2D eigenvalue weighted by atomic mass is 16.5. The Labute approximate surface area is 178 Å². The molecule has 0 atom stereocenters. The highest BCUT2D eigenvalue weighted by Crippen LogP contribution is 2.21. The topological polar surface area (TPSA) is 93.5 Å². The minimum Gasteiger partial charge on any atom is -0.381 e. The van der Waals surface area contributed by atoms with Gasteiger partial charge in [0.25, 0.3) is 5.91 Å². The Kier molecular flexibility index (Phi) is 8.01. The van der Waals surface area contributed by atoms with Gasteiger partial charge in [0, 0.05) is 52.7 Å². The summed E-state index contributed by atoms with van der Waals surface area (Å²) in [6.45, 7) is 7.37. The third kappa shape index (κ3) is 5.47. The van der Waals surface area contributed by atoms with Crippen molar-refractivity contribution in [1.29, 1.82) is 0 Å². The van der Waals surface area contributed by atoms with Crippen molar-refractivity contribution in [3.63, 3.8) is 0 Å². The number of aryl methyl sites for hydroxylation is 2. The molecule has 1 N–H and O–H groups in total. The van der Waals surface area contributed by atoms with E-state index in [4.69, 9.17) is 9.84 Å². The second-order valence-corrected chi connectivity index (χ2v) is 8.21. The molecule has 166 valence electrons. The van der Waals surface area contributed by atoms with Crippen LogP contribution in [0, 0.1) is 5.92 Å². The fraction of sp³-hybridized carbons (Fsp3) is 0.727. The summed E-state index contributed by atoms with van der Waals surface area (Å²) in [5.41, 5.74) is 2.56.